The Morgan fingerprint density at radius 2 is 1.89 bits per heavy atom. The molecule has 0 bridgehead atoms. The molecule has 0 N–H and O–H groups in total. The van der Waals surface area contributed by atoms with Crippen LogP contribution in [0.5, 0.6) is 5.75 Å². The maximum atomic E-state index is 10.7. The van der Waals surface area contributed by atoms with Crippen molar-refractivity contribution in [2.45, 2.75) is 19.4 Å². The molecule has 18 heavy (non-hydrogen) atoms. The molecule has 94 valence electrons. The number of nitrogens with zero attached hydrogens (tertiary/aromatic N) is 1. The number of hydrogen-bond acceptors (Lipinski definition) is 2. The van der Waals surface area contributed by atoms with E-state index in [1.807, 2.05) is 53.2 Å². The maximum absolute atomic E-state index is 10.7. The molecule has 1 aromatic heterocycles. The van der Waals surface area contributed by atoms with Gasteiger partial charge >= 0.3 is 0 Å². The van der Waals surface area contributed by atoms with Crippen molar-refractivity contribution in [2.75, 3.05) is 6.61 Å². The Bertz CT molecular complexity index is 476. The maximum Gasteiger partial charge on any atom is 0.166 e. The first-order chi connectivity index (χ1) is 8.90. The van der Waals surface area contributed by atoms with Crippen molar-refractivity contribution in [3.05, 3.63) is 54.4 Å². The van der Waals surface area contributed by atoms with E-state index in [0.29, 0.717) is 6.61 Å². The first-order valence-corrected chi connectivity index (χ1v) is 6.18. The van der Waals surface area contributed by atoms with Crippen LogP contribution in [0, 0.1) is 0 Å². The molecule has 0 fully saturated rings. The van der Waals surface area contributed by atoms with E-state index in [2.05, 4.69) is 0 Å². The Kier molecular flexibility index (Phi) is 4.59. The SMILES string of the molecule is O=Cc1cccn1CCCCOc1ccccc1. The van der Waals surface area contributed by atoms with Gasteiger partial charge in [-0.2, -0.15) is 0 Å². The Morgan fingerprint density at radius 3 is 2.67 bits per heavy atom. The van der Waals surface area contributed by atoms with Crippen LogP contribution < -0.4 is 4.74 Å². The number of rotatable bonds is 7. The quantitative estimate of drug-likeness (QED) is 0.552. The van der Waals surface area contributed by atoms with Gasteiger partial charge in [0.2, 0.25) is 0 Å². The lowest BCUT2D eigenvalue weighted by atomic mass is 10.3. The zero-order chi connectivity index (χ0) is 12.6. The highest BCUT2D eigenvalue weighted by Gasteiger charge is 1.98. The third kappa shape index (κ3) is 3.48. The molecule has 0 aliphatic carbocycles. The van der Waals surface area contributed by atoms with Crippen molar-refractivity contribution < 1.29 is 9.53 Å². The molecular weight excluding hydrogens is 226 g/mol. The lowest BCUT2D eigenvalue weighted by Crippen LogP contribution is -2.03. The van der Waals surface area contributed by atoms with Crippen LogP contribution in [-0.4, -0.2) is 17.5 Å². The van der Waals surface area contributed by atoms with Gasteiger partial charge in [-0.1, -0.05) is 18.2 Å². The third-order valence-electron chi connectivity index (χ3n) is 2.79. The molecule has 2 aromatic rings. The van der Waals surface area contributed by atoms with E-state index < -0.39 is 0 Å². The highest BCUT2D eigenvalue weighted by atomic mass is 16.5. The molecule has 1 heterocycles. The van der Waals surface area contributed by atoms with Crippen molar-refractivity contribution in [3.63, 3.8) is 0 Å². The van der Waals surface area contributed by atoms with Gasteiger partial charge in [-0.15, -0.1) is 0 Å². The minimum Gasteiger partial charge on any atom is -0.494 e. The van der Waals surface area contributed by atoms with Crippen molar-refractivity contribution in [3.8, 4) is 5.75 Å². The van der Waals surface area contributed by atoms with Crippen LogP contribution in [0.4, 0.5) is 0 Å². The highest BCUT2D eigenvalue weighted by Crippen LogP contribution is 2.09. The molecular formula is C15H17NO2. The van der Waals surface area contributed by atoms with Gasteiger partial charge in [-0.25, -0.2) is 0 Å². The zero-order valence-electron chi connectivity index (χ0n) is 10.3. The molecule has 0 amide bonds. The van der Waals surface area contributed by atoms with Gasteiger partial charge in [-0.05, 0) is 37.1 Å². The summed E-state index contributed by atoms with van der Waals surface area (Å²) < 4.78 is 7.57. The van der Waals surface area contributed by atoms with E-state index >= 15 is 0 Å². The van der Waals surface area contributed by atoms with Crippen LogP contribution >= 0.6 is 0 Å². The third-order valence-corrected chi connectivity index (χ3v) is 2.79. The summed E-state index contributed by atoms with van der Waals surface area (Å²) in [4.78, 5) is 10.7. The number of ether oxygens (including phenoxy) is 1. The highest BCUT2D eigenvalue weighted by molar-refractivity contribution is 5.72. The summed E-state index contributed by atoms with van der Waals surface area (Å²) in [6, 6.07) is 13.5. The first-order valence-electron chi connectivity index (χ1n) is 6.18. The Morgan fingerprint density at radius 1 is 1.06 bits per heavy atom. The van der Waals surface area contributed by atoms with E-state index in [9.17, 15) is 4.79 Å². The van der Waals surface area contributed by atoms with E-state index in [-0.39, 0.29) is 0 Å². The summed E-state index contributed by atoms with van der Waals surface area (Å²) in [5, 5.41) is 0. The van der Waals surface area contributed by atoms with Crippen LogP contribution in [0.15, 0.2) is 48.7 Å². The predicted octanol–water partition coefficient (Wildman–Crippen LogP) is 3.16. The van der Waals surface area contributed by atoms with E-state index in [1.165, 1.54) is 0 Å². The fourth-order valence-electron chi connectivity index (χ4n) is 1.83. The van der Waals surface area contributed by atoms with E-state index in [1.54, 1.807) is 0 Å². The molecule has 1 aromatic carbocycles. The van der Waals surface area contributed by atoms with Crippen LogP contribution in [0.25, 0.3) is 0 Å². The average Bonchev–Trinajstić information content (AvgIpc) is 2.87. The van der Waals surface area contributed by atoms with E-state index in [4.69, 9.17) is 4.74 Å². The summed E-state index contributed by atoms with van der Waals surface area (Å²) >= 11 is 0. The second kappa shape index (κ2) is 6.64. The minimum atomic E-state index is 0.710. The number of unbranched alkanes of at least 4 members (excludes halogenated alkanes) is 1. The molecule has 0 saturated carbocycles. The van der Waals surface area contributed by atoms with Crippen molar-refractivity contribution >= 4 is 6.29 Å². The van der Waals surface area contributed by atoms with Crippen molar-refractivity contribution in [1.82, 2.24) is 4.57 Å². The molecule has 0 aliphatic rings. The number of aryl methyl sites for hydroxylation is 1. The monoisotopic (exact) mass is 243 g/mol. The average molecular weight is 243 g/mol. The van der Waals surface area contributed by atoms with Gasteiger partial charge in [0.1, 0.15) is 5.75 Å². The summed E-state index contributed by atoms with van der Waals surface area (Å²) in [5.41, 5.74) is 0.735. The predicted molar refractivity (Wildman–Crippen MR) is 71.0 cm³/mol. The normalized spacial score (nSPS) is 10.2. The minimum absolute atomic E-state index is 0.710. The molecule has 2 rings (SSSR count). The van der Waals surface area contributed by atoms with E-state index in [0.717, 1.165) is 37.1 Å². The van der Waals surface area contributed by atoms with Crippen LogP contribution in [0.3, 0.4) is 0 Å². The molecule has 0 spiro atoms. The number of para-hydroxylation sites is 1. The first kappa shape index (κ1) is 12.4. The standard InChI is InChI=1S/C15H17NO2/c17-13-14-7-6-11-16(14)10-4-5-12-18-15-8-2-1-3-9-15/h1-3,6-9,11,13H,4-5,10,12H2. The molecule has 0 atom stereocenters. The molecule has 0 aliphatic heterocycles. The number of hydrogen-bond donors (Lipinski definition) is 0. The van der Waals surface area contributed by atoms with Crippen LogP contribution in [0.2, 0.25) is 0 Å². The summed E-state index contributed by atoms with van der Waals surface area (Å²) in [7, 11) is 0. The van der Waals surface area contributed by atoms with Crippen molar-refractivity contribution in [2.24, 2.45) is 0 Å². The number of aldehydes is 1. The Hall–Kier alpha value is -2.03. The molecule has 0 saturated heterocycles. The fourth-order valence-corrected chi connectivity index (χ4v) is 1.83. The lowest BCUT2D eigenvalue weighted by Gasteiger charge is -2.07. The molecule has 3 nitrogen and oxygen atoms in total. The summed E-state index contributed by atoms with van der Waals surface area (Å²) in [6.45, 7) is 1.57. The van der Waals surface area contributed by atoms with Gasteiger partial charge < -0.3 is 9.30 Å². The number of aromatic nitrogens is 1. The van der Waals surface area contributed by atoms with Crippen LogP contribution in [0.1, 0.15) is 23.3 Å². The second-order valence-electron chi connectivity index (χ2n) is 4.11. The van der Waals surface area contributed by atoms with Crippen LogP contribution in [-0.2, 0) is 6.54 Å². The number of carbonyl (C=O) groups excluding carboxylic acids is 1. The lowest BCUT2D eigenvalue weighted by molar-refractivity contribution is 0.111. The molecule has 0 unspecified atom stereocenters. The van der Waals surface area contributed by atoms with Gasteiger partial charge in [0.05, 0.1) is 12.3 Å². The van der Waals surface area contributed by atoms with Gasteiger partial charge in [-0.3, -0.25) is 4.79 Å². The van der Waals surface area contributed by atoms with Gasteiger partial charge in [0, 0.05) is 12.7 Å². The fraction of sp³-hybridized carbons (Fsp3) is 0.267. The topological polar surface area (TPSA) is 31.2 Å². The van der Waals surface area contributed by atoms with Gasteiger partial charge in [0.15, 0.2) is 6.29 Å². The number of benzene rings is 1. The number of carbonyl (C=O) groups is 1. The zero-order valence-corrected chi connectivity index (χ0v) is 10.3. The summed E-state index contributed by atoms with van der Waals surface area (Å²) in [5.74, 6) is 0.909. The second-order valence-corrected chi connectivity index (χ2v) is 4.11. The molecule has 0 radical (unpaired) electrons. The summed E-state index contributed by atoms with van der Waals surface area (Å²) in [6.07, 6.45) is 4.80. The van der Waals surface area contributed by atoms with Gasteiger partial charge in [0.25, 0.3) is 0 Å². The Labute approximate surface area is 107 Å². The van der Waals surface area contributed by atoms with Crippen molar-refractivity contribution in [1.29, 1.82) is 0 Å². The molecule has 3 heteroatoms. The largest absolute Gasteiger partial charge is 0.494 e. The Balaban J connectivity index is 1.66. The smallest absolute Gasteiger partial charge is 0.166 e.